The number of aliphatic hydroxyl groups excluding tert-OH is 1. The van der Waals surface area contributed by atoms with Gasteiger partial charge in [-0.3, -0.25) is 4.57 Å². The van der Waals surface area contributed by atoms with Crippen LogP contribution in [0.15, 0.2) is 6.33 Å². The Balaban J connectivity index is 1.84. The second-order valence-electron chi connectivity index (χ2n) is 6.45. The lowest BCUT2D eigenvalue weighted by molar-refractivity contribution is -0.165. The summed E-state index contributed by atoms with van der Waals surface area (Å²) in [4.78, 5) is 12.2. The second kappa shape index (κ2) is 4.75. The highest BCUT2D eigenvalue weighted by atomic mass is 19.1. The molecule has 0 radical (unpaired) electrons. The Morgan fingerprint density at radius 1 is 1.44 bits per heavy atom. The van der Waals surface area contributed by atoms with Crippen molar-refractivity contribution >= 4 is 17.1 Å². The van der Waals surface area contributed by atoms with Crippen LogP contribution in [0, 0.1) is 0 Å². The number of fused-ring (bicyclic) bond motifs is 2. The average Bonchev–Trinajstić information content (AvgIpc) is 2.85. The van der Waals surface area contributed by atoms with E-state index in [9.17, 15) is 19.7 Å². The molecule has 1 aliphatic heterocycles. The van der Waals surface area contributed by atoms with Crippen molar-refractivity contribution in [2.24, 2.45) is 0 Å². The van der Waals surface area contributed by atoms with Gasteiger partial charge in [0.25, 0.3) is 0 Å². The topological polar surface area (TPSA) is 149 Å². The number of aromatic nitrogens is 4. The number of aliphatic hydroxyl groups is 3. The Hall–Kier alpha value is -2.08. The molecule has 2 aliphatic rings. The van der Waals surface area contributed by atoms with Gasteiger partial charge in [-0.25, -0.2) is 9.37 Å². The first kappa shape index (κ1) is 16.4. The van der Waals surface area contributed by atoms with E-state index in [2.05, 4.69) is 15.0 Å². The molecule has 10 nitrogen and oxygen atoms in total. The zero-order valence-electron chi connectivity index (χ0n) is 13.5. The summed E-state index contributed by atoms with van der Waals surface area (Å²) < 4.78 is 25.7. The quantitative estimate of drug-likeness (QED) is 0.536. The minimum Gasteiger partial charge on any atom is -0.476 e. The van der Waals surface area contributed by atoms with Gasteiger partial charge in [0.2, 0.25) is 11.8 Å². The maximum atomic E-state index is 13.5. The molecule has 136 valence electrons. The number of halogens is 1. The average molecular weight is 355 g/mol. The molecular formula is C14H18FN5O5. The molecule has 5 N–H and O–H groups in total. The SMILES string of the molecule is CCOc1nc(N)nc2c1ncn2[C@@H]1O[C@]2(CF)C(O)[C@]2(O)[C@@]1(C)O. The maximum absolute atomic E-state index is 13.5. The van der Waals surface area contributed by atoms with Crippen LogP contribution in [-0.4, -0.2) is 71.0 Å². The highest BCUT2D eigenvalue weighted by Gasteiger charge is 2.91. The number of nitrogen functional groups attached to an aromatic ring is 1. The van der Waals surface area contributed by atoms with E-state index in [0.717, 1.165) is 0 Å². The standard InChI is InChI=1S/C14H18FN5O5/c1-3-24-8-6-7(18-11(16)19-8)20(5-17-6)10-12(2,22)14(23)9(21)13(14,4-15)25-10/h5,9-10,21-23H,3-4H2,1-2H3,(H2,16,18,19)/t9?,10-,12+,13-,14+/m1/s1. The first-order valence-electron chi connectivity index (χ1n) is 7.74. The summed E-state index contributed by atoms with van der Waals surface area (Å²) in [6.45, 7) is 2.19. The summed E-state index contributed by atoms with van der Waals surface area (Å²) in [6, 6.07) is 0. The molecule has 5 atom stereocenters. The van der Waals surface area contributed by atoms with E-state index >= 15 is 0 Å². The van der Waals surface area contributed by atoms with Crippen LogP contribution in [0.4, 0.5) is 10.3 Å². The second-order valence-corrected chi connectivity index (χ2v) is 6.45. The van der Waals surface area contributed by atoms with Gasteiger partial charge < -0.3 is 30.5 Å². The number of rotatable bonds is 4. The largest absolute Gasteiger partial charge is 0.476 e. The van der Waals surface area contributed by atoms with Crippen molar-refractivity contribution in [2.45, 2.75) is 43.0 Å². The van der Waals surface area contributed by atoms with Crippen molar-refractivity contribution in [3.05, 3.63) is 6.33 Å². The summed E-state index contributed by atoms with van der Waals surface area (Å²) in [5.74, 6) is 0.0740. The van der Waals surface area contributed by atoms with E-state index in [1.807, 2.05) is 0 Å². The van der Waals surface area contributed by atoms with Crippen molar-refractivity contribution in [3.63, 3.8) is 0 Å². The van der Waals surface area contributed by atoms with Gasteiger partial charge in [-0.05, 0) is 13.8 Å². The molecule has 0 spiro atoms. The summed E-state index contributed by atoms with van der Waals surface area (Å²) in [7, 11) is 0. The van der Waals surface area contributed by atoms with E-state index in [-0.39, 0.29) is 23.0 Å². The van der Waals surface area contributed by atoms with Gasteiger partial charge >= 0.3 is 0 Å². The third-order valence-electron chi connectivity index (χ3n) is 5.11. The monoisotopic (exact) mass is 355 g/mol. The molecule has 4 rings (SSSR count). The molecule has 0 amide bonds. The number of anilines is 1. The molecule has 2 aromatic rings. The van der Waals surface area contributed by atoms with Gasteiger partial charge in [0.1, 0.15) is 18.4 Å². The fourth-order valence-electron chi connectivity index (χ4n) is 3.68. The number of nitrogens with two attached hydrogens (primary N) is 1. The van der Waals surface area contributed by atoms with Crippen LogP contribution in [0.25, 0.3) is 11.2 Å². The molecule has 3 heterocycles. The predicted octanol–water partition coefficient (Wildman–Crippen LogP) is -1.10. The van der Waals surface area contributed by atoms with Crippen LogP contribution >= 0.6 is 0 Å². The predicted molar refractivity (Wildman–Crippen MR) is 81.3 cm³/mol. The highest BCUT2D eigenvalue weighted by Crippen LogP contribution is 2.67. The van der Waals surface area contributed by atoms with E-state index in [0.29, 0.717) is 6.61 Å². The lowest BCUT2D eigenvalue weighted by Crippen LogP contribution is -2.48. The third kappa shape index (κ3) is 1.68. The normalized spacial score (nSPS) is 39.6. The van der Waals surface area contributed by atoms with Crippen molar-refractivity contribution in [1.82, 2.24) is 19.5 Å². The van der Waals surface area contributed by atoms with E-state index < -0.39 is 35.8 Å². The van der Waals surface area contributed by atoms with Gasteiger partial charge in [-0.1, -0.05) is 0 Å². The Morgan fingerprint density at radius 2 is 2.16 bits per heavy atom. The van der Waals surface area contributed by atoms with Gasteiger partial charge in [-0.2, -0.15) is 9.97 Å². The maximum Gasteiger partial charge on any atom is 0.247 e. The fourth-order valence-corrected chi connectivity index (χ4v) is 3.68. The van der Waals surface area contributed by atoms with Crippen molar-refractivity contribution < 1.29 is 29.2 Å². The van der Waals surface area contributed by atoms with Crippen LogP contribution in [-0.2, 0) is 4.74 Å². The fraction of sp³-hybridized carbons (Fsp3) is 0.643. The summed E-state index contributed by atoms with van der Waals surface area (Å²) in [6.07, 6.45) is -1.48. The van der Waals surface area contributed by atoms with Crippen molar-refractivity contribution in [2.75, 3.05) is 19.0 Å². The van der Waals surface area contributed by atoms with Gasteiger partial charge in [0.05, 0.1) is 12.9 Å². The number of alkyl halides is 1. The number of hydrogen-bond acceptors (Lipinski definition) is 9. The summed E-state index contributed by atoms with van der Waals surface area (Å²) in [5.41, 5.74) is 0.121. The lowest BCUT2D eigenvalue weighted by Gasteiger charge is -2.32. The molecular weight excluding hydrogens is 337 g/mol. The summed E-state index contributed by atoms with van der Waals surface area (Å²) >= 11 is 0. The van der Waals surface area contributed by atoms with Gasteiger partial charge in [-0.15, -0.1) is 0 Å². The first-order chi connectivity index (χ1) is 11.7. The first-order valence-corrected chi connectivity index (χ1v) is 7.74. The van der Waals surface area contributed by atoms with Crippen LogP contribution in [0.1, 0.15) is 20.1 Å². The molecule has 2 fully saturated rings. The molecule has 11 heteroatoms. The Bertz CT molecular complexity index is 859. The summed E-state index contributed by atoms with van der Waals surface area (Å²) in [5, 5.41) is 31.3. The van der Waals surface area contributed by atoms with Crippen LogP contribution in [0.3, 0.4) is 0 Å². The van der Waals surface area contributed by atoms with E-state index in [1.165, 1.54) is 17.8 Å². The number of nitrogens with zero attached hydrogens (tertiary/aromatic N) is 4. The van der Waals surface area contributed by atoms with E-state index in [4.69, 9.17) is 15.2 Å². The van der Waals surface area contributed by atoms with Crippen LogP contribution in [0.5, 0.6) is 5.88 Å². The Morgan fingerprint density at radius 3 is 2.76 bits per heavy atom. The minimum absolute atomic E-state index is 0.0838. The number of imidazole rings is 1. The Labute approximate surface area is 141 Å². The molecule has 1 unspecified atom stereocenters. The van der Waals surface area contributed by atoms with Crippen molar-refractivity contribution in [3.8, 4) is 5.88 Å². The number of hydrogen-bond donors (Lipinski definition) is 4. The zero-order chi connectivity index (χ0) is 18.2. The molecule has 1 saturated heterocycles. The van der Waals surface area contributed by atoms with Gasteiger partial charge in [0, 0.05) is 0 Å². The molecule has 2 aromatic heterocycles. The smallest absolute Gasteiger partial charge is 0.247 e. The minimum atomic E-state index is -2.14. The third-order valence-corrected chi connectivity index (χ3v) is 5.11. The molecule has 1 aliphatic carbocycles. The number of ether oxygens (including phenoxy) is 2. The lowest BCUT2D eigenvalue weighted by atomic mass is 9.94. The highest BCUT2D eigenvalue weighted by molar-refractivity contribution is 5.77. The molecule has 25 heavy (non-hydrogen) atoms. The Kier molecular flexibility index (Phi) is 3.12. The zero-order valence-corrected chi connectivity index (χ0v) is 13.5. The van der Waals surface area contributed by atoms with E-state index in [1.54, 1.807) is 6.92 Å². The molecule has 0 bridgehead atoms. The van der Waals surface area contributed by atoms with Crippen LogP contribution in [0.2, 0.25) is 0 Å². The van der Waals surface area contributed by atoms with Gasteiger partial charge in [0.15, 0.2) is 28.6 Å². The van der Waals surface area contributed by atoms with Crippen LogP contribution < -0.4 is 10.5 Å². The molecule has 0 aromatic carbocycles. The van der Waals surface area contributed by atoms with Crippen molar-refractivity contribution in [1.29, 1.82) is 0 Å². The molecule has 1 saturated carbocycles.